The number of carbonyl (C=O) groups is 2. The zero-order valence-electron chi connectivity index (χ0n) is 17.2. The molecule has 0 aromatic heterocycles. The van der Waals surface area contributed by atoms with Crippen molar-refractivity contribution < 1.29 is 19.1 Å². The molecule has 0 aliphatic carbocycles. The van der Waals surface area contributed by atoms with Gasteiger partial charge in [0.1, 0.15) is 12.4 Å². The maximum atomic E-state index is 12.5. The molecule has 2 rings (SSSR count). The highest BCUT2D eigenvalue weighted by Crippen LogP contribution is 2.34. The summed E-state index contributed by atoms with van der Waals surface area (Å²) in [6, 6.07) is 5.29. The molecule has 1 aromatic rings. The van der Waals surface area contributed by atoms with Crippen LogP contribution in [0.5, 0.6) is 5.75 Å². The minimum atomic E-state index is -0.426. The minimum absolute atomic E-state index is 0.0517. The van der Waals surface area contributed by atoms with Crippen molar-refractivity contribution in [3.63, 3.8) is 0 Å². The third-order valence-electron chi connectivity index (χ3n) is 4.54. The first kappa shape index (κ1) is 21.0. The molecule has 0 radical (unpaired) electrons. The molecule has 1 atom stereocenters. The van der Waals surface area contributed by atoms with E-state index in [9.17, 15) is 9.59 Å². The fraction of sp³-hybridized carbons (Fsp3) is 0.600. The van der Waals surface area contributed by atoms with Gasteiger partial charge in [-0.1, -0.05) is 0 Å². The molecular weight excluding hydrogens is 346 g/mol. The van der Waals surface area contributed by atoms with Crippen molar-refractivity contribution in [2.75, 3.05) is 45.9 Å². The minimum Gasteiger partial charge on any atom is -0.489 e. The van der Waals surface area contributed by atoms with Crippen LogP contribution < -0.4 is 15.0 Å². The van der Waals surface area contributed by atoms with Crippen LogP contribution in [0.2, 0.25) is 0 Å². The molecule has 1 aliphatic heterocycles. The number of benzene rings is 1. The van der Waals surface area contributed by atoms with Crippen molar-refractivity contribution in [2.45, 2.75) is 38.8 Å². The Balaban J connectivity index is 2.07. The number of anilines is 1. The van der Waals surface area contributed by atoms with Gasteiger partial charge in [-0.2, -0.15) is 0 Å². The van der Waals surface area contributed by atoms with Crippen LogP contribution in [0.4, 0.5) is 5.69 Å². The molecule has 0 fully saturated rings. The molecule has 0 saturated heterocycles. The fourth-order valence-corrected chi connectivity index (χ4v) is 3.03. The second kappa shape index (κ2) is 8.61. The molecule has 7 nitrogen and oxygen atoms in total. The van der Waals surface area contributed by atoms with Crippen LogP contribution in [0, 0.1) is 0 Å². The smallest absolute Gasteiger partial charge is 0.253 e. The van der Waals surface area contributed by atoms with E-state index in [1.165, 1.54) is 4.90 Å². The SMILES string of the molecule is CCOCC(C)(C)NC(=O)C[C@@H]1COc2ccc(C(=O)N(C)C)cc2N1C. The highest BCUT2D eigenvalue weighted by molar-refractivity contribution is 5.95. The van der Waals surface area contributed by atoms with E-state index >= 15 is 0 Å². The van der Waals surface area contributed by atoms with Crippen LogP contribution >= 0.6 is 0 Å². The summed E-state index contributed by atoms with van der Waals surface area (Å²) in [7, 11) is 5.37. The Kier molecular flexibility index (Phi) is 6.70. The van der Waals surface area contributed by atoms with Gasteiger partial charge in [0.15, 0.2) is 0 Å². The molecule has 0 bridgehead atoms. The number of amides is 2. The van der Waals surface area contributed by atoms with E-state index in [4.69, 9.17) is 9.47 Å². The number of ether oxygens (including phenoxy) is 2. The van der Waals surface area contributed by atoms with Crippen molar-refractivity contribution in [3.8, 4) is 5.75 Å². The summed E-state index contributed by atoms with van der Waals surface area (Å²) in [6.45, 7) is 7.31. The lowest BCUT2D eigenvalue weighted by atomic mass is 10.0. The fourth-order valence-electron chi connectivity index (χ4n) is 3.03. The molecule has 150 valence electrons. The van der Waals surface area contributed by atoms with Crippen molar-refractivity contribution in [2.24, 2.45) is 0 Å². The van der Waals surface area contributed by atoms with E-state index in [1.54, 1.807) is 20.2 Å². The molecule has 1 aromatic carbocycles. The Bertz CT molecular complexity index is 688. The standard InChI is InChI=1S/C20H31N3O4/c1-7-26-13-20(2,3)21-18(24)11-15-12-27-17-9-8-14(19(25)22(4)5)10-16(17)23(15)6/h8-10,15H,7,11-13H2,1-6H3,(H,21,24)/t15-/m1/s1. The molecule has 27 heavy (non-hydrogen) atoms. The van der Waals surface area contributed by atoms with E-state index in [0.29, 0.717) is 31.8 Å². The van der Waals surface area contributed by atoms with Crippen LogP contribution in [0.15, 0.2) is 18.2 Å². The number of nitrogens with zero attached hydrogens (tertiary/aromatic N) is 2. The highest BCUT2D eigenvalue weighted by Gasteiger charge is 2.29. The summed E-state index contributed by atoms with van der Waals surface area (Å²) in [5, 5.41) is 3.02. The van der Waals surface area contributed by atoms with Gasteiger partial charge in [0.05, 0.1) is 30.3 Å². The number of fused-ring (bicyclic) bond motifs is 1. The summed E-state index contributed by atoms with van der Waals surface area (Å²) in [6.07, 6.45) is 0.303. The van der Waals surface area contributed by atoms with Crippen LogP contribution in [0.25, 0.3) is 0 Å². The largest absolute Gasteiger partial charge is 0.489 e. The van der Waals surface area contributed by atoms with Crippen molar-refractivity contribution in [1.29, 1.82) is 0 Å². The number of likely N-dealkylation sites (N-methyl/N-ethyl adjacent to an activating group) is 1. The van der Waals surface area contributed by atoms with Gasteiger partial charge in [-0.3, -0.25) is 9.59 Å². The first-order valence-corrected chi connectivity index (χ1v) is 9.24. The van der Waals surface area contributed by atoms with Gasteiger partial charge in [0.25, 0.3) is 5.91 Å². The number of carbonyl (C=O) groups excluding carboxylic acids is 2. The summed E-state index contributed by atoms with van der Waals surface area (Å²) in [4.78, 5) is 28.3. The molecule has 1 N–H and O–H groups in total. The molecule has 7 heteroatoms. The quantitative estimate of drug-likeness (QED) is 0.786. The van der Waals surface area contributed by atoms with E-state index < -0.39 is 5.54 Å². The summed E-state index contributed by atoms with van der Waals surface area (Å²) in [5.41, 5.74) is 0.988. The maximum Gasteiger partial charge on any atom is 0.253 e. The number of hydrogen-bond acceptors (Lipinski definition) is 5. The van der Waals surface area contributed by atoms with Crippen LogP contribution in [0.3, 0.4) is 0 Å². The third-order valence-corrected chi connectivity index (χ3v) is 4.54. The predicted octanol–water partition coefficient (Wildman–Crippen LogP) is 1.91. The van der Waals surface area contributed by atoms with E-state index in [1.807, 2.05) is 44.9 Å². The molecule has 2 amide bonds. The monoisotopic (exact) mass is 377 g/mol. The van der Waals surface area contributed by atoms with Crippen LogP contribution in [-0.2, 0) is 9.53 Å². The second-order valence-corrected chi connectivity index (χ2v) is 7.73. The average molecular weight is 377 g/mol. The summed E-state index contributed by atoms with van der Waals surface area (Å²) < 4.78 is 11.3. The third kappa shape index (κ3) is 5.35. The first-order valence-electron chi connectivity index (χ1n) is 9.24. The first-order chi connectivity index (χ1) is 12.6. The number of hydrogen-bond donors (Lipinski definition) is 1. The molecule has 0 spiro atoms. The Morgan fingerprint density at radius 2 is 2.07 bits per heavy atom. The zero-order valence-corrected chi connectivity index (χ0v) is 17.2. The van der Waals surface area contributed by atoms with Crippen LogP contribution in [0.1, 0.15) is 37.6 Å². The summed E-state index contributed by atoms with van der Waals surface area (Å²) in [5.74, 6) is 0.606. The van der Waals surface area contributed by atoms with Crippen LogP contribution in [-0.4, -0.2) is 69.3 Å². The highest BCUT2D eigenvalue weighted by atomic mass is 16.5. The normalized spacial score (nSPS) is 16.4. The predicted molar refractivity (Wildman–Crippen MR) is 105 cm³/mol. The number of nitrogens with one attached hydrogen (secondary N) is 1. The van der Waals surface area contributed by atoms with Crippen molar-refractivity contribution >= 4 is 17.5 Å². The average Bonchev–Trinajstić information content (AvgIpc) is 2.61. The molecular formula is C20H31N3O4. The Morgan fingerprint density at radius 1 is 1.37 bits per heavy atom. The number of rotatable bonds is 7. The topological polar surface area (TPSA) is 71.1 Å². The Morgan fingerprint density at radius 3 is 2.70 bits per heavy atom. The van der Waals surface area contributed by atoms with Crippen molar-refractivity contribution in [1.82, 2.24) is 10.2 Å². The second-order valence-electron chi connectivity index (χ2n) is 7.73. The van der Waals surface area contributed by atoms with Gasteiger partial charge < -0.3 is 24.6 Å². The van der Waals surface area contributed by atoms with E-state index in [2.05, 4.69) is 5.32 Å². The van der Waals surface area contributed by atoms with Gasteiger partial charge in [-0.05, 0) is 39.0 Å². The maximum absolute atomic E-state index is 12.5. The molecule has 1 aliphatic rings. The molecule has 0 unspecified atom stereocenters. The Labute approximate surface area is 161 Å². The van der Waals surface area contributed by atoms with Gasteiger partial charge in [-0.25, -0.2) is 0 Å². The lowest BCUT2D eigenvalue weighted by molar-refractivity contribution is -0.124. The lowest BCUT2D eigenvalue weighted by Crippen LogP contribution is -2.50. The lowest BCUT2D eigenvalue weighted by Gasteiger charge is -2.36. The van der Waals surface area contributed by atoms with Gasteiger partial charge in [0.2, 0.25) is 5.91 Å². The molecule has 1 heterocycles. The van der Waals surface area contributed by atoms with Gasteiger partial charge >= 0.3 is 0 Å². The Hall–Kier alpha value is -2.28. The van der Waals surface area contributed by atoms with Gasteiger partial charge in [-0.15, -0.1) is 0 Å². The molecule has 0 saturated carbocycles. The summed E-state index contributed by atoms with van der Waals surface area (Å²) >= 11 is 0. The van der Waals surface area contributed by atoms with E-state index in [-0.39, 0.29) is 17.9 Å². The van der Waals surface area contributed by atoms with Crippen molar-refractivity contribution in [3.05, 3.63) is 23.8 Å². The zero-order chi connectivity index (χ0) is 20.2. The van der Waals surface area contributed by atoms with Gasteiger partial charge in [0, 0.05) is 33.3 Å². The van der Waals surface area contributed by atoms with E-state index in [0.717, 1.165) is 11.4 Å².